The van der Waals surface area contributed by atoms with Crippen molar-refractivity contribution in [2.45, 2.75) is 75.2 Å². The first-order chi connectivity index (χ1) is 15.5. The molecule has 33 heavy (non-hydrogen) atoms. The number of alkyl halides is 1. The molecular formula is C22H32ClO9P. The first-order valence-electron chi connectivity index (χ1n) is 11.7. The number of phosphoric ester groups is 1. The van der Waals surface area contributed by atoms with Gasteiger partial charge in [-0.05, 0) is 80.6 Å². The minimum atomic E-state index is -4.61. The van der Waals surface area contributed by atoms with E-state index in [0.717, 1.165) is 56.1 Å². The van der Waals surface area contributed by atoms with Gasteiger partial charge in [-0.2, -0.15) is 0 Å². The van der Waals surface area contributed by atoms with Crippen molar-refractivity contribution in [3.05, 3.63) is 11.3 Å². The average molecular weight is 507 g/mol. The summed E-state index contributed by atoms with van der Waals surface area (Å²) in [5, 5.41) is 18.6. The van der Waals surface area contributed by atoms with Crippen molar-refractivity contribution in [3.63, 3.8) is 0 Å². The molecule has 5 aliphatic rings. The first-order valence-corrected chi connectivity index (χ1v) is 13.6. The molecule has 0 aromatic rings. The van der Waals surface area contributed by atoms with Crippen molar-refractivity contribution in [2.24, 2.45) is 29.6 Å². The van der Waals surface area contributed by atoms with Crippen LogP contribution in [0.5, 0.6) is 0 Å². The Balaban J connectivity index is 1.57. The molecule has 0 spiro atoms. The van der Waals surface area contributed by atoms with Crippen LogP contribution in [0.25, 0.3) is 0 Å². The highest BCUT2D eigenvalue weighted by atomic mass is 35.5. The van der Waals surface area contributed by atoms with Crippen LogP contribution in [0.15, 0.2) is 11.3 Å². The molecule has 2 atom stereocenters. The summed E-state index contributed by atoms with van der Waals surface area (Å²) in [6.07, 6.45) is 7.16. The van der Waals surface area contributed by atoms with Gasteiger partial charge in [-0.15, -0.1) is 0 Å². The molecule has 0 aromatic carbocycles. The lowest BCUT2D eigenvalue weighted by Gasteiger charge is -2.52. The number of hydrogen-bond acceptors (Lipinski definition) is 5. The Morgan fingerprint density at radius 1 is 0.970 bits per heavy atom. The lowest BCUT2D eigenvalue weighted by molar-refractivity contribution is -0.153. The summed E-state index contributed by atoms with van der Waals surface area (Å²) in [6, 6.07) is 0. The van der Waals surface area contributed by atoms with Gasteiger partial charge in [-0.3, -0.25) is 4.52 Å². The minimum absolute atomic E-state index is 0.109. The zero-order chi connectivity index (χ0) is 24.0. The molecule has 186 valence electrons. The van der Waals surface area contributed by atoms with Crippen LogP contribution in [-0.2, 0) is 23.4 Å². The van der Waals surface area contributed by atoms with Crippen molar-refractivity contribution in [2.75, 3.05) is 6.61 Å². The van der Waals surface area contributed by atoms with Gasteiger partial charge in [0, 0.05) is 12.3 Å². The van der Waals surface area contributed by atoms with Gasteiger partial charge in [-0.25, -0.2) is 14.2 Å². The summed E-state index contributed by atoms with van der Waals surface area (Å²) in [5.74, 6) is -0.347. The molecule has 4 N–H and O–H groups in total. The molecule has 0 radical (unpaired) electrons. The van der Waals surface area contributed by atoms with E-state index in [2.05, 4.69) is 0 Å². The van der Waals surface area contributed by atoms with Gasteiger partial charge in [0.2, 0.25) is 4.87 Å². The van der Waals surface area contributed by atoms with Gasteiger partial charge in [-0.1, -0.05) is 18.0 Å². The highest BCUT2D eigenvalue weighted by molar-refractivity contribution is 7.46. The third-order valence-electron chi connectivity index (χ3n) is 7.97. The second kappa shape index (κ2) is 9.50. The fraction of sp³-hybridized carbons (Fsp3) is 0.818. The fourth-order valence-electron chi connectivity index (χ4n) is 6.81. The predicted molar refractivity (Wildman–Crippen MR) is 117 cm³/mol. The van der Waals surface area contributed by atoms with E-state index in [9.17, 15) is 34.2 Å². The molecule has 5 saturated carbocycles. The highest BCUT2D eigenvalue weighted by Gasteiger charge is 2.48. The molecule has 0 aliphatic heterocycles. The number of carboxylic acids is 2. The van der Waals surface area contributed by atoms with Gasteiger partial charge in [0.05, 0.1) is 18.5 Å². The Hall–Kier alpha value is -1.12. The van der Waals surface area contributed by atoms with Crippen molar-refractivity contribution in [1.29, 1.82) is 0 Å². The third kappa shape index (κ3) is 5.43. The quantitative estimate of drug-likeness (QED) is 0.158. The lowest BCUT2D eigenvalue weighted by atomic mass is 9.53. The summed E-state index contributed by atoms with van der Waals surface area (Å²) in [5.41, 5.74) is 1.26. The van der Waals surface area contributed by atoms with Crippen LogP contribution >= 0.6 is 19.4 Å². The smallest absolute Gasteiger partial charge is 0.469 e. The summed E-state index contributed by atoms with van der Waals surface area (Å²) >= 11 is 5.88. The molecular weight excluding hydrogens is 475 g/mol. The van der Waals surface area contributed by atoms with Gasteiger partial charge in [0.1, 0.15) is 0 Å². The Morgan fingerprint density at radius 2 is 1.55 bits per heavy atom. The molecule has 11 heteroatoms. The summed E-state index contributed by atoms with van der Waals surface area (Å²) in [6.45, 7) is -0.159. The molecule has 0 amide bonds. The van der Waals surface area contributed by atoms with E-state index >= 15 is 0 Å². The van der Waals surface area contributed by atoms with Gasteiger partial charge in [0.15, 0.2) is 0 Å². The molecule has 5 aliphatic carbocycles. The number of aliphatic carboxylic acids is 2. The Kier molecular flexibility index (Phi) is 7.19. The zero-order valence-electron chi connectivity index (χ0n) is 18.4. The summed E-state index contributed by atoms with van der Waals surface area (Å²) in [4.78, 5) is 39.0. The topological polar surface area (TPSA) is 151 Å². The second-order valence-corrected chi connectivity index (χ2v) is 12.1. The van der Waals surface area contributed by atoms with Crippen LogP contribution in [0.2, 0.25) is 0 Å². The molecule has 4 bridgehead atoms. The van der Waals surface area contributed by atoms with E-state index in [0.29, 0.717) is 24.7 Å². The van der Waals surface area contributed by atoms with Crippen LogP contribution < -0.4 is 0 Å². The molecule has 0 saturated heterocycles. The molecule has 0 heterocycles. The number of carbonyl (C=O) groups is 2. The maximum Gasteiger partial charge on any atom is 0.469 e. The van der Waals surface area contributed by atoms with Crippen LogP contribution in [-0.4, -0.2) is 49.5 Å². The third-order valence-corrected chi connectivity index (χ3v) is 9.05. The van der Waals surface area contributed by atoms with Crippen molar-refractivity contribution in [1.82, 2.24) is 0 Å². The molecule has 9 nitrogen and oxygen atoms in total. The normalized spacial score (nSPS) is 33.7. The molecule has 5 rings (SSSR count). The van der Waals surface area contributed by atoms with E-state index < -0.39 is 37.2 Å². The zero-order valence-corrected chi connectivity index (χ0v) is 20.0. The summed E-state index contributed by atoms with van der Waals surface area (Å²) in [7, 11) is -4.61. The average Bonchev–Trinajstić information content (AvgIpc) is 2.70. The van der Waals surface area contributed by atoms with Gasteiger partial charge in [0.25, 0.3) is 0 Å². The Morgan fingerprint density at radius 3 is 2.06 bits per heavy atom. The van der Waals surface area contributed by atoms with Crippen molar-refractivity contribution in [3.8, 4) is 0 Å². The van der Waals surface area contributed by atoms with E-state index in [1.165, 1.54) is 12.0 Å². The standard InChI is InChI=1S/C22H32ClO9P/c23-22(20(24)25,21(26)27)4-5-31-19(14-2-1-3-17(11-14)32-33(28,29)30)18-15-7-12-6-13(9-15)10-16(18)8-12/h12-17H,1-11H2,(H,24,25)(H,26,27)(H2,28,29,30). The van der Waals surface area contributed by atoms with Crippen molar-refractivity contribution >= 4 is 31.4 Å². The van der Waals surface area contributed by atoms with Crippen LogP contribution in [0.3, 0.4) is 0 Å². The highest BCUT2D eigenvalue weighted by Crippen LogP contribution is 2.58. The number of carboxylic acid groups (broad SMARTS) is 2. The monoisotopic (exact) mass is 506 g/mol. The van der Waals surface area contributed by atoms with Crippen LogP contribution in [0.4, 0.5) is 0 Å². The number of halogens is 1. The van der Waals surface area contributed by atoms with E-state index in [4.69, 9.17) is 20.9 Å². The Bertz CT molecular complexity index is 822. The number of phosphoric acid groups is 1. The molecule has 5 fully saturated rings. The minimum Gasteiger partial charge on any atom is -0.498 e. The van der Waals surface area contributed by atoms with Gasteiger partial charge >= 0.3 is 19.8 Å². The fourth-order valence-corrected chi connectivity index (χ4v) is 7.47. The second-order valence-electron chi connectivity index (χ2n) is 10.2. The lowest BCUT2D eigenvalue weighted by Crippen LogP contribution is -2.43. The first kappa shape index (κ1) is 25.0. The number of hydrogen-bond donors (Lipinski definition) is 4. The van der Waals surface area contributed by atoms with E-state index in [1.54, 1.807) is 0 Å². The number of rotatable bonds is 9. The SMILES string of the molecule is O=C(O)C(Cl)(CCOC(=C1C2CC3CC(C2)CC1C3)C1CCCC(OP(=O)(O)O)C1)C(=O)O. The van der Waals surface area contributed by atoms with Crippen LogP contribution in [0.1, 0.15) is 64.2 Å². The maximum atomic E-state index is 11.4. The number of allylic oxidation sites excluding steroid dienone is 2. The van der Waals surface area contributed by atoms with Crippen molar-refractivity contribution < 1.29 is 43.4 Å². The van der Waals surface area contributed by atoms with E-state index in [1.807, 2.05) is 0 Å². The molecule has 0 aromatic heterocycles. The maximum absolute atomic E-state index is 11.4. The number of ether oxygens (including phenoxy) is 1. The van der Waals surface area contributed by atoms with Gasteiger partial charge < -0.3 is 24.7 Å². The Labute approximate surface area is 197 Å². The van der Waals surface area contributed by atoms with E-state index in [-0.39, 0.29) is 12.5 Å². The largest absolute Gasteiger partial charge is 0.498 e. The van der Waals surface area contributed by atoms with Crippen LogP contribution in [0, 0.1) is 29.6 Å². The predicted octanol–water partition coefficient (Wildman–Crippen LogP) is 3.92. The molecule has 2 unspecified atom stereocenters. The summed E-state index contributed by atoms with van der Waals surface area (Å²) < 4.78 is 22.6.